The van der Waals surface area contributed by atoms with Crippen molar-refractivity contribution in [2.45, 2.75) is 18.9 Å². The minimum atomic E-state index is -0.374. The molecule has 8 nitrogen and oxygen atoms in total. The maximum atomic E-state index is 12.6. The second kappa shape index (κ2) is 11.0. The largest absolute Gasteiger partial charge is 0.508 e. The molecule has 1 fully saturated rings. The predicted octanol–water partition coefficient (Wildman–Crippen LogP) is 4.65. The number of aromatic nitrogens is 1. The third kappa shape index (κ3) is 6.24. The summed E-state index contributed by atoms with van der Waals surface area (Å²) in [5.41, 5.74) is 1.82. The van der Waals surface area contributed by atoms with E-state index >= 15 is 0 Å². The van der Waals surface area contributed by atoms with Gasteiger partial charge < -0.3 is 21.1 Å². The molecule has 0 spiro atoms. The van der Waals surface area contributed by atoms with Crippen LogP contribution in [0.25, 0.3) is 0 Å². The third-order valence-electron chi connectivity index (χ3n) is 5.64. The Morgan fingerprint density at radius 2 is 1.82 bits per heavy atom. The van der Waals surface area contributed by atoms with Crippen LogP contribution in [0.2, 0.25) is 5.02 Å². The van der Waals surface area contributed by atoms with Crippen LogP contribution < -0.4 is 16.0 Å². The van der Waals surface area contributed by atoms with Gasteiger partial charge in [-0.15, -0.1) is 0 Å². The molecule has 0 saturated carbocycles. The van der Waals surface area contributed by atoms with Crippen LogP contribution in [0.3, 0.4) is 0 Å². The van der Waals surface area contributed by atoms with Gasteiger partial charge in [0.05, 0.1) is 11.1 Å². The molecular weight excluding hydrogens is 454 g/mol. The van der Waals surface area contributed by atoms with Crippen LogP contribution in [-0.4, -0.2) is 46.6 Å². The van der Waals surface area contributed by atoms with E-state index in [1.807, 2.05) is 12.1 Å². The van der Waals surface area contributed by atoms with Crippen LogP contribution >= 0.6 is 11.6 Å². The maximum absolute atomic E-state index is 12.6. The molecule has 4 N–H and O–H groups in total. The maximum Gasteiger partial charge on any atom is 0.319 e. The van der Waals surface area contributed by atoms with Crippen molar-refractivity contribution in [1.29, 1.82) is 0 Å². The summed E-state index contributed by atoms with van der Waals surface area (Å²) >= 11 is 5.82. The van der Waals surface area contributed by atoms with E-state index in [9.17, 15) is 14.7 Å². The smallest absolute Gasteiger partial charge is 0.319 e. The first kappa shape index (κ1) is 23.5. The number of benzene rings is 2. The molecule has 1 saturated heterocycles. The van der Waals surface area contributed by atoms with Crippen molar-refractivity contribution in [3.63, 3.8) is 0 Å². The highest BCUT2D eigenvalue weighted by molar-refractivity contribution is 6.30. The Hall–Kier alpha value is -3.62. The van der Waals surface area contributed by atoms with Crippen LogP contribution in [0.4, 0.5) is 16.3 Å². The molecule has 3 aromatic rings. The van der Waals surface area contributed by atoms with Gasteiger partial charge in [0, 0.05) is 24.0 Å². The first-order chi connectivity index (χ1) is 16.5. The molecule has 1 unspecified atom stereocenters. The van der Waals surface area contributed by atoms with Crippen LogP contribution in [0.1, 0.15) is 34.8 Å². The van der Waals surface area contributed by atoms with E-state index in [2.05, 4.69) is 25.8 Å². The minimum Gasteiger partial charge on any atom is -0.508 e. The first-order valence-electron chi connectivity index (χ1n) is 11.1. The van der Waals surface area contributed by atoms with Crippen LogP contribution in [-0.2, 0) is 0 Å². The summed E-state index contributed by atoms with van der Waals surface area (Å²) < 4.78 is 0. The number of urea groups is 1. The van der Waals surface area contributed by atoms with Crippen molar-refractivity contribution in [1.82, 2.24) is 15.2 Å². The number of pyridine rings is 1. The van der Waals surface area contributed by atoms with Gasteiger partial charge in [0.1, 0.15) is 11.6 Å². The highest BCUT2D eigenvalue weighted by atomic mass is 35.5. The Morgan fingerprint density at radius 3 is 2.56 bits per heavy atom. The van der Waals surface area contributed by atoms with E-state index in [1.165, 1.54) is 6.20 Å². The molecule has 2 aromatic carbocycles. The minimum absolute atomic E-state index is 0.0377. The number of carbonyl (C=O) groups excluding carboxylic acids is 2. The van der Waals surface area contributed by atoms with Crippen LogP contribution in [0, 0.1) is 0 Å². The van der Waals surface area contributed by atoms with Gasteiger partial charge in [-0.25, -0.2) is 9.78 Å². The van der Waals surface area contributed by atoms with Crippen molar-refractivity contribution < 1.29 is 14.7 Å². The Labute approximate surface area is 203 Å². The molecule has 4 rings (SSSR count). The monoisotopic (exact) mass is 479 g/mol. The number of nitrogens with one attached hydrogen (secondary N) is 3. The molecule has 9 heteroatoms. The molecule has 0 bridgehead atoms. The quantitative estimate of drug-likeness (QED) is 0.394. The molecule has 1 aliphatic heterocycles. The van der Waals surface area contributed by atoms with Crippen molar-refractivity contribution in [3.05, 3.63) is 83.0 Å². The molecule has 176 valence electrons. The Balaban J connectivity index is 1.37. The van der Waals surface area contributed by atoms with Crippen LogP contribution in [0.5, 0.6) is 5.75 Å². The highest BCUT2D eigenvalue weighted by Gasteiger charge is 2.24. The molecule has 0 radical (unpaired) electrons. The summed E-state index contributed by atoms with van der Waals surface area (Å²) in [5, 5.41) is 18.8. The van der Waals surface area contributed by atoms with E-state index in [0.717, 1.165) is 31.5 Å². The summed E-state index contributed by atoms with van der Waals surface area (Å²) in [4.78, 5) is 31.5. The summed E-state index contributed by atoms with van der Waals surface area (Å²) in [5.74, 6) is 0.234. The van der Waals surface area contributed by atoms with Gasteiger partial charge in [-0.3, -0.25) is 9.69 Å². The van der Waals surface area contributed by atoms with Crippen molar-refractivity contribution in [2.24, 2.45) is 0 Å². The average Bonchev–Trinajstić information content (AvgIpc) is 3.35. The lowest BCUT2D eigenvalue weighted by Gasteiger charge is -2.28. The average molecular weight is 480 g/mol. The van der Waals surface area contributed by atoms with Gasteiger partial charge >= 0.3 is 6.03 Å². The molecule has 1 aromatic heterocycles. The number of anilines is 2. The zero-order valence-corrected chi connectivity index (χ0v) is 19.3. The van der Waals surface area contributed by atoms with E-state index in [0.29, 0.717) is 28.6 Å². The normalized spacial score (nSPS) is 14.4. The summed E-state index contributed by atoms with van der Waals surface area (Å²) in [6, 6.07) is 16.6. The van der Waals surface area contributed by atoms with Gasteiger partial charge in [0.25, 0.3) is 5.91 Å². The number of phenolic OH excluding ortho intramolecular Hbond substituents is 1. The lowest BCUT2D eigenvalue weighted by atomic mass is 10.1. The zero-order chi connectivity index (χ0) is 23.9. The predicted molar refractivity (Wildman–Crippen MR) is 132 cm³/mol. The SMILES string of the molecule is O=C(NCC(c1cccc(O)c1)N1CCCC1)Nc1cccc(C(=O)Nc2ccc(Cl)cn2)c1. The molecule has 34 heavy (non-hydrogen) atoms. The van der Waals surface area contributed by atoms with Gasteiger partial charge in [-0.1, -0.05) is 29.8 Å². The third-order valence-corrected chi connectivity index (χ3v) is 5.87. The second-order valence-corrected chi connectivity index (χ2v) is 8.52. The number of hydrogen-bond acceptors (Lipinski definition) is 5. The van der Waals surface area contributed by atoms with Crippen molar-refractivity contribution >= 4 is 35.0 Å². The van der Waals surface area contributed by atoms with Crippen molar-refractivity contribution in [3.8, 4) is 5.75 Å². The zero-order valence-electron chi connectivity index (χ0n) is 18.5. The molecule has 2 heterocycles. The second-order valence-electron chi connectivity index (χ2n) is 8.09. The fourth-order valence-electron chi connectivity index (χ4n) is 3.98. The summed E-state index contributed by atoms with van der Waals surface area (Å²) in [6.45, 7) is 2.28. The number of amides is 3. The lowest BCUT2D eigenvalue weighted by Crippen LogP contribution is -2.38. The summed E-state index contributed by atoms with van der Waals surface area (Å²) in [6.07, 6.45) is 3.68. The van der Waals surface area contributed by atoms with Gasteiger partial charge in [0.2, 0.25) is 0 Å². The summed E-state index contributed by atoms with van der Waals surface area (Å²) in [7, 11) is 0. The number of nitrogens with zero attached hydrogens (tertiary/aromatic N) is 2. The van der Waals surface area contributed by atoms with Gasteiger partial charge in [-0.05, 0) is 74.0 Å². The Bertz CT molecular complexity index is 1150. The van der Waals surface area contributed by atoms with Gasteiger partial charge in [0.15, 0.2) is 0 Å². The van der Waals surface area contributed by atoms with Gasteiger partial charge in [-0.2, -0.15) is 0 Å². The highest BCUT2D eigenvalue weighted by Crippen LogP contribution is 2.27. The lowest BCUT2D eigenvalue weighted by molar-refractivity contribution is 0.102. The van der Waals surface area contributed by atoms with E-state index in [-0.39, 0.29) is 23.7 Å². The number of aromatic hydroxyl groups is 1. The van der Waals surface area contributed by atoms with E-state index in [1.54, 1.807) is 48.5 Å². The molecule has 1 aliphatic rings. The van der Waals surface area contributed by atoms with E-state index < -0.39 is 0 Å². The number of rotatable bonds is 7. The topological polar surface area (TPSA) is 107 Å². The van der Waals surface area contributed by atoms with E-state index in [4.69, 9.17) is 11.6 Å². The number of hydrogen-bond donors (Lipinski definition) is 4. The fraction of sp³-hybridized carbons (Fsp3) is 0.240. The Morgan fingerprint density at radius 1 is 1.03 bits per heavy atom. The number of phenols is 1. The molecule has 3 amide bonds. The van der Waals surface area contributed by atoms with Crippen LogP contribution in [0.15, 0.2) is 66.9 Å². The van der Waals surface area contributed by atoms with Crippen molar-refractivity contribution in [2.75, 3.05) is 30.3 Å². The fourth-order valence-corrected chi connectivity index (χ4v) is 4.10. The molecule has 0 aliphatic carbocycles. The Kier molecular flexibility index (Phi) is 7.61. The first-order valence-corrected chi connectivity index (χ1v) is 11.5. The standard InChI is InChI=1S/C25H26ClN5O3/c26-19-9-10-23(27-15-19)30-24(33)18-6-3-7-20(13-18)29-25(34)28-16-22(31-11-1-2-12-31)17-5-4-8-21(32)14-17/h3-10,13-15,22,32H,1-2,11-12,16H2,(H,27,30,33)(H2,28,29,34). The molecular formula is C25H26ClN5O3. The number of halogens is 1. The number of carbonyl (C=O) groups is 2. The molecule has 1 atom stereocenters. The number of likely N-dealkylation sites (tertiary alicyclic amines) is 1.